The van der Waals surface area contributed by atoms with Crippen LogP contribution >= 0.6 is 23.4 Å². The number of hydrogen-bond donors (Lipinski definition) is 0. The number of aliphatic imine (C=N–C) groups is 1. The second-order valence-corrected chi connectivity index (χ2v) is 7.82. The van der Waals surface area contributed by atoms with Crippen LogP contribution in [0.5, 0.6) is 11.5 Å². The zero-order valence-electron chi connectivity index (χ0n) is 16.9. The molecule has 1 amide bonds. The minimum atomic E-state index is -0.538. The molecule has 0 N–H and O–H groups in total. The first kappa shape index (κ1) is 22.2. The number of carbonyl (C=O) groups is 1. The molecule has 0 bridgehead atoms. The van der Waals surface area contributed by atoms with Crippen molar-refractivity contribution in [2.45, 2.75) is 20.3 Å². The van der Waals surface area contributed by atoms with E-state index >= 15 is 0 Å². The third-order valence-corrected chi connectivity index (χ3v) is 5.65. The van der Waals surface area contributed by atoms with Crippen molar-refractivity contribution < 1.29 is 18.7 Å². The second kappa shape index (κ2) is 10.00. The van der Waals surface area contributed by atoms with Crippen LogP contribution in [-0.2, 0) is 4.79 Å². The lowest BCUT2D eigenvalue weighted by Gasteiger charge is -2.18. The molecule has 158 valence electrons. The standard InChI is InChI=1S/C22H22ClFN2O3S/c1-4-10-30-22-25-18(11-14-6-9-19(29-5-2)20(12-14)28-3)21(27)26(22)15-7-8-17(24)16(23)13-15/h6-9,11-13H,4-5,10H2,1-3H3/b18-11-. The summed E-state index contributed by atoms with van der Waals surface area (Å²) >= 11 is 7.40. The van der Waals surface area contributed by atoms with E-state index in [2.05, 4.69) is 4.99 Å². The van der Waals surface area contributed by atoms with Crippen molar-refractivity contribution in [3.63, 3.8) is 0 Å². The van der Waals surface area contributed by atoms with Crippen LogP contribution in [-0.4, -0.2) is 30.5 Å². The molecule has 0 aliphatic carbocycles. The molecule has 2 aromatic rings. The van der Waals surface area contributed by atoms with Gasteiger partial charge in [-0.2, -0.15) is 0 Å². The summed E-state index contributed by atoms with van der Waals surface area (Å²) in [5.74, 6) is 1.16. The van der Waals surface area contributed by atoms with Gasteiger partial charge in [-0.15, -0.1) is 0 Å². The summed E-state index contributed by atoms with van der Waals surface area (Å²) < 4.78 is 24.5. The molecule has 30 heavy (non-hydrogen) atoms. The number of carbonyl (C=O) groups excluding carboxylic acids is 1. The Morgan fingerprint density at radius 3 is 2.67 bits per heavy atom. The van der Waals surface area contributed by atoms with Gasteiger partial charge in [0.15, 0.2) is 16.7 Å². The highest BCUT2D eigenvalue weighted by atomic mass is 35.5. The van der Waals surface area contributed by atoms with E-state index in [4.69, 9.17) is 21.1 Å². The van der Waals surface area contributed by atoms with Gasteiger partial charge in [-0.25, -0.2) is 9.38 Å². The Bertz CT molecular complexity index is 1010. The molecule has 0 fully saturated rings. The lowest BCUT2D eigenvalue weighted by atomic mass is 10.1. The number of ether oxygens (including phenoxy) is 2. The average molecular weight is 449 g/mol. The van der Waals surface area contributed by atoms with Crippen LogP contribution in [0.1, 0.15) is 25.8 Å². The third kappa shape index (κ3) is 4.79. The van der Waals surface area contributed by atoms with Gasteiger partial charge in [0.1, 0.15) is 11.5 Å². The van der Waals surface area contributed by atoms with E-state index in [1.807, 2.05) is 19.9 Å². The normalized spacial score (nSPS) is 15.0. The SMILES string of the molecule is CCCSC1=N/C(=C\c2ccc(OCC)c(OC)c2)C(=O)N1c1ccc(F)c(Cl)c1. The van der Waals surface area contributed by atoms with E-state index in [1.54, 1.807) is 25.3 Å². The summed E-state index contributed by atoms with van der Waals surface area (Å²) in [6.45, 7) is 4.46. The van der Waals surface area contributed by atoms with Crippen LogP contribution in [0.15, 0.2) is 47.1 Å². The molecule has 1 aliphatic rings. The molecular weight excluding hydrogens is 427 g/mol. The number of rotatable bonds is 7. The number of nitrogens with zero attached hydrogens (tertiary/aromatic N) is 2. The van der Waals surface area contributed by atoms with Gasteiger partial charge in [0.2, 0.25) is 0 Å². The predicted molar refractivity (Wildman–Crippen MR) is 121 cm³/mol. The first-order chi connectivity index (χ1) is 14.5. The molecule has 8 heteroatoms. The van der Waals surface area contributed by atoms with E-state index < -0.39 is 5.82 Å². The molecule has 0 saturated carbocycles. The Morgan fingerprint density at radius 1 is 1.20 bits per heavy atom. The number of amides is 1. The first-order valence-electron chi connectivity index (χ1n) is 9.52. The second-order valence-electron chi connectivity index (χ2n) is 6.35. The first-order valence-corrected chi connectivity index (χ1v) is 10.9. The van der Waals surface area contributed by atoms with Crippen LogP contribution in [0.3, 0.4) is 0 Å². The number of anilines is 1. The van der Waals surface area contributed by atoms with Crippen LogP contribution in [0.25, 0.3) is 6.08 Å². The van der Waals surface area contributed by atoms with Crippen LogP contribution in [0.4, 0.5) is 10.1 Å². The van der Waals surface area contributed by atoms with Gasteiger partial charge < -0.3 is 9.47 Å². The monoisotopic (exact) mass is 448 g/mol. The zero-order chi connectivity index (χ0) is 21.7. The number of benzene rings is 2. The summed E-state index contributed by atoms with van der Waals surface area (Å²) in [6.07, 6.45) is 2.61. The number of halogens is 2. The fourth-order valence-electron chi connectivity index (χ4n) is 2.84. The van der Waals surface area contributed by atoms with Gasteiger partial charge in [-0.1, -0.05) is 36.4 Å². The van der Waals surface area contributed by atoms with Crippen molar-refractivity contribution in [1.29, 1.82) is 0 Å². The van der Waals surface area contributed by atoms with Crippen molar-refractivity contribution in [2.24, 2.45) is 4.99 Å². The predicted octanol–water partition coefficient (Wildman–Crippen LogP) is 5.77. The maximum Gasteiger partial charge on any atom is 0.283 e. The fraction of sp³-hybridized carbons (Fsp3) is 0.273. The quantitative estimate of drug-likeness (QED) is 0.504. The van der Waals surface area contributed by atoms with Crippen molar-refractivity contribution in [3.05, 3.63) is 58.5 Å². The van der Waals surface area contributed by atoms with Crippen molar-refractivity contribution in [3.8, 4) is 11.5 Å². The number of thioether (sulfide) groups is 1. The molecule has 2 aromatic carbocycles. The Labute approximate surface area is 184 Å². The van der Waals surface area contributed by atoms with Crippen LogP contribution in [0.2, 0.25) is 5.02 Å². The number of amidine groups is 1. The summed E-state index contributed by atoms with van der Waals surface area (Å²) in [5, 5.41) is 0.488. The molecule has 3 rings (SSSR count). The highest BCUT2D eigenvalue weighted by Gasteiger charge is 2.32. The Kier molecular flexibility index (Phi) is 7.39. The number of hydrogen-bond acceptors (Lipinski definition) is 5. The van der Waals surface area contributed by atoms with Gasteiger partial charge in [-0.05, 0) is 55.3 Å². The summed E-state index contributed by atoms with van der Waals surface area (Å²) in [4.78, 5) is 19.1. The molecule has 1 aliphatic heterocycles. The molecule has 0 radical (unpaired) electrons. The molecule has 5 nitrogen and oxygen atoms in total. The van der Waals surface area contributed by atoms with Gasteiger partial charge in [0.25, 0.3) is 5.91 Å². The van der Waals surface area contributed by atoms with Crippen molar-refractivity contribution in [2.75, 3.05) is 24.4 Å². The lowest BCUT2D eigenvalue weighted by Crippen LogP contribution is -2.30. The van der Waals surface area contributed by atoms with Gasteiger partial charge in [0.05, 0.1) is 24.4 Å². The van der Waals surface area contributed by atoms with Crippen molar-refractivity contribution in [1.82, 2.24) is 0 Å². The van der Waals surface area contributed by atoms with E-state index in [-0.39, 0.29) is 16.6 Å². The maximum absolute atomic E-state index is 13.6. The molecule has 1 heterocycles. The molecule has 0 saturated heterocycles. The van der Waals surface area contributed by atoms with Crippen molar-refractivity contribution >= 4 is 46.2 Å². The number of methoxy groups -OCH3 is 1. The van der Waals surface area contributed by atoms with E-state index in [1.165, 1.54) is 34.9 Å². The topological polar surface area (TPSA) is 51.1 Å². The Balaban J connectivity index is 1.98. The summed E-state index contributed by atoms with van der Waals surface area (Å²) in [5.41, 5.74) is 1.50. The van der Waals surface area contributed by atoms with E-state index in [0.29, 0.717) is 29.0 Å². The Morgan fingerprint density at radius 2 is 2.00 bits per heavy atom. The smallest absolute Gasteiger partial charge is 0.283 e. The van der Waals surface area contributed by atoms with Gasteiger partial charge in [-0.3, -0.25) is 9.69 Å². The van der Waals surface area contributed by atoms with Gasteiger partial charge >= 0.3 is 0 Å². The minimum Gasteiger partial charge on any atom is -0.493 e. The van der Waals surface area contributed by atoms with Gasteiger partial charge in [0, 0.05) is 5.75 Å². The molecule has 0 spiro atoms. The third-order valence-electron chi connectivity index (χ3n) is 4.22. The average Bonchev–Trinajstić information content (AvgIpc) is 3.04. The molecule has 0 aromatic heterocycles. The fourth-order valence-corrected chi connectivity index (χ4v) is 3.89. The highest BCUT2D eigenvalue weighted by molar-refractivity contribution is 8.14. The molecule has 0 atom stereocenters. The van der Waals surface area contributed by atoms with E-state index in [9.17, 15) is 9.18 Å². The Hall–Kier alpha value is -2.51. The molecule has 0 unspecified atom stereocenters. The maximum atomic E-state index is 13.6. The minimum absolute atomic E-state index is 0.0474. The highest BCUT2D eigenvalue weighted by Crippen LogP contribution is 2.33. The van der Waals surface area contributed by atoms with Crippen LogP contribution in [0, 0.1) is 5.82 Å². The largest absolute Gasteiger partial charge is 0.493 e. The molecular formula is C22H22ClFN2O3S. The van der Waals surface area contributed by atoms with Crippen LogP contribution < -0.4 is 14.4 Å². The van der Waals surface area contributed by atoms with E-state index in [0.717, 1.165) is 17.7 Å². The summed E-state index contributed by atoms with van der Waals surface area (Å²) in [7, 11) is 1.56. The lowest BCUT2D eigenvalue weighted by molar-refractivity contribution is -0.113. The summed E-state index contributed by atoms with van der Waals surface area (Å²) in [6, 6.07) is 9.61. The zero-order valence-corrected chi connectivity index (χ0v) is 18.5.